The number of hydrogen-bond acceptors (Lipinski definition) is 6. The summed E-state index contributed by atoms with van der Waals surface area (Å²) in [5.41, 5.74) is 2.47. The minimum atomic E-state index is -0.0632. The highest BCUT2D eigenvalue weighted by Gasteiger charge is 2.33. The molecular formula is C32H49NO3S2. The molecule has 0 saturated heterocycles. The van der Waals surface area contributed by atoms with Gasteiger partial charge in [-0.05, 0) is 56.1 Å². The van der Waals surface area contributed by atoms with Crippen LogP contribution < -0.4 is 9.47 Å². The van der Waals surface area contributed by atoms with Crippen molar-refractivity contribution in [1.82, 2.24) is 0 Å². The number of unbranched alkanes of at least 4 members (excludes halogenated alkanes) is 3. The average Bonchev–Trinajstić information content (AvgIpc) is 3.35. The van der Waals surface area contributed by atoms with Crippen molar-refractivity contribution in [2.75, 3.05) is 13.2 Å². The number of benzene rings is 1. The molecular weight excluding hydrogens is 510 g/mol. The lowest BCUT2D eigenvalue weighted by Crippen LogP contribution is -2.14. The molecule has 1 aliphatic rings. The lowest BCUT2D eigenvalue weighted by atomic mass is 10.00. The molecule has 0 spiro atoms. The first-order valence-corrected chi connectivity index (χ1v) is 16.5. The molecule has 0 amide bonds. The largest absolute Gasteiger partial charge is 0.492 e. The molecule has 1 heterocycles. The summed E-state index contributed by atoms with van der Waals surface area (Å²) in [6, 6.07) is 2.23. The number of fused-ring (bicyclic) bond motifs is 1. The van der Waals surface area contributed by atoms with Gasteiger partial charge >= 0.3 is 0 Å². The fourth-order valence-electron chi connectivity index (χ4n) is 4.61. The Kier molecular flexibility index (Phi) is 14.8. The molecule has 2 rings (SSSR count). The molecule has 0 fully saturated rings. The Morgan fingerprint density at radius 1 is 0.789 bits per heavy atom. The van der Waals surface area contributed by atoms with E-state index in [-0.39, 0.29) is 11.4 Å². The fraction of sp³-hybridized carbons (Fsp3) is 0.688. The normalized spacial score (nSPS) is 14.1. The zero-order valence-corrected chi connectivity index (χ0v) is 26.5. The van der Waals surface area contributed by atoms with Crippen molar-refractivity contribution >= 4 is 29.3 Å². The van der Waals surface area contributed by atoms with Crippen molar-refractivity contribution in [1.29, 1.82) is 5.26 Å². The van der Waals surface area contributed by atoms with E-state index >= 15 is 0 Å². The monoisotopic (exact) mass is 559 g/mol. The molecule has 0 aliphatic carbocycles. The van der Waals surface area contributed by atoms with Crippen LogP contribution in [-0.2, 0) is 4.79 Å². The Hall–Kier alpha value is -1.58. The van der Waals surface area contributed by atoms with Crippen molar-refractivity contribution in [3.63, 3.8) is 0 Å². The first kappa shape index (κ1) is 32.6. The van der Waals surface area contributed by atoms with Gasteiger partial charge in [0.2, 0.25) is 0 Å². The predicted octanol–water partition coefficient (Wildman–Crippen LogP) is 10.2. The van der Waals surface area contributed by atoms with E-state index in [9.17, 15) is 10.1 Å². The Morgan fingerprint density at radius 3 is 1.61 bits per heavy atom. The Labute approximate surface area is 240 Å². The summed E-state index contributed by atoms with van der Waals surface area (Å²) in [5.74, 6) is 2.76. The van der Waals surface area contributed by atoms with E-state index in [1.807, 2.05) is 0 Å². The molecule has 0 bridgehead atoms. The summed E-state index contributed by atoms with van der Waals surface area (Å²) in [6.07, 6.45) is 11.5. The van der Waals surface area contributed by atoms with Gasteiger partial charge in [-0.2, -0.15) is 5.26 Å². The second kappa shape index (κ2) is 17.2. The second-order valence-corrected chi connectivity index (χ2v) is 12.8. The molecule has 0 aromatic heterocycles. The lowest BCUT2D eigenvalue weighted by molar-refractivity contribution is -0.115. The standard InChI is InChI=1S/C32H49NO3S2/c1-8-13-16-24(11-4)20-35-28-22(6)23(7)29(36-21-25(12-5)17-14-9-2)31-30(28)37-32(38-31)26(19-33)27(34)18-15-10-3/h24-25H,8-18,20-21H2,1-7H3. The first-order valence-electron chi connectivity index (χ1n) is 14.8. The van der Waals surface area contributed by atoms with Crippen molar-refractivity contribution in [3.8, 4) is 17.6 Å². The Bertz CT molecular complexity index is 939. The van der Waals surface area contributed by atoms with E-state index in [1.165, 1.54) is 62.0 Å². The summed E-state index contributed by atoms with van der Waals surface area (Å²) in [5, 5.41) is 9.95. The second-order valence-electron chi connectivity index (χ2n) is 10.5. The van der Waals surface area contributed by atoms with E-state index in [2.05, 4.69) is 54.5 Å². The Balaban J connectivity index is 2.48. The average molecular weight is 560 g/mol. The molecule has 0 radical (unpaired) electrons. The maximum atomic E-state index is 12.9. The van der Waals surface area contributed by atoms with Crippen LogP contribution in [-0.4, -0.2) is 19.0 Å². The molecule has 38 heavy (non-hydrogen) atoms. The van der Waals surface area contributed by atoms with E-state index in [1.54, 1.807) is 0 Å². The molecule has 0 N–H and O–H groups in total. The number of Topliss-reactive ketones (excluding diaryl/α,β-unsaturated/α-hetero) is 1. The number of nitrogens with zero attached hydrogens (tertiary/aromatic N) is 1. The van der Waals surface area contributed by atoms with Crippen LogP contribution in [0.1, 0.15) is 116 Å². The van der Waals surface area contributed by atoms with Gasteiger partial charge in [0.1, 0.15) is 23.1 Å². The molecule has 212 valence electrons. The predicted molar refractivity (Wildman–Crippen MR) is 162 cm³/mol. The highest BCUT2D eigenvalue weighted by atomic mass is 32.2. The maximum absolute atomic E-state index is 12.9. The van der Waals surface area contributed by atoms with Gasteiger partial charge in [0, 0.05) is 6.42 Å². The van der Waals surface area contributed by atoms with E-state index < -0.39 is 0 Å². The zero-order valence-electron chi connectivity index (χ0n) is 24.8. The minimum Gasteiger partial charge on any atom is -0.492 e. The maximum Gasteiger partial charge on any atom is 0.175 e. The summed E-state index contributed by atoms with van der Waals surface area (Å²) < 4.78 is 13.9. The van der Waals surface area contributed by atoms with Crippen LogP contribution in [0.4, 0.5) is 0 Å². The number of nitriles is 1. The molecule has 1 aromatic rings. The number of ketones is 1. The molecule has 2 unspecified atom stereocenters. The van der Waals surface area contributed by atoms with E-state index in [0.717, 1.165) is 62.3 Å². The number of carbonyl (C=O) groups excluding carboxylic acids is 1. The van der Waals surface area contributed by atoms with Crippen molar-refractivity contribution in [2.45, 2.75) is 129 Å². The van der Waals surface area contributed by atoms with Gasteiger partial charge < -0.3 is 9.47 Å². The van der Waals surface area contributed by atoms with E-state index in [0.29, 0.717) is 31.5 Å². The molecule has 1 aromatic carbocycles. The van der Waals surface area contributed by atoms with Crippen LogP contribution in [0.15, 0.2) is 19.6 Å². The highest BCUT2D eigenvalue weighted by molar-refractivity contribution is 8.24. The number of thioether (sulfide) groups is 2. The van der Waals surface area contributed by atoms with Gasteiger partial charge in [-0.15, -0.1) is 0 Å². The van der Waals surface area contributed by atoms with Crippen molar-refractivity contribution in [3.05, 3.63) is 20.9 Å². The summed E-state index contributed by atoms with van der Waals surface area (Å²) in [6.45, 7) is 16.6. The third kappa shape index (κ3) is 8.71. The molecule has 2 atom stereocenters. The lowest BCUT2D eigenvalue weighted by Gasteiger charge is -2.23. The first-order chi connectivity index (χ1) is 18.4. The van der Waals surface area contributed by atoms with E-state index in [4.69, 9.17) is 9.47 Å². The number of carbonyl (C=O) groups is 1. The minimum absolute atomic E-state index is 0.0632. The van der Waals surface area contributed by atoms with Crippen molar-refractivity contribution < 1.29 is 14.3 Å². The zero-order chi connectivity index (χ0) is 28.1. The summed E-state index contributed by atoms with van der Waals surface area (Å²) in [4.78, 5) is 14.9. The van der Waals surface area contributed by atoms with Crippen molar-refractivity contribution in [2.24, 2.45) is 11.8 Å². The van der Waals surface area contributed by atoms with Gasteiger partial charge in [0.25, 0.3) is 0 Å². The topological polar surface area (TPSA) is 59.3 Å². The summed E-state index contributed by atoms with van der Waals surface area (Å²) >= 11 is 3.04. The van der Waals surface area contributed by atoms with Gasteiger partial charge in [-0.3, -0.25) is 4.79 Å². The van der Waals surface area contributed by atoms with Gasteiger partial charge in [0.05, 0.1) is 27.2 Å². The number of rotatable bonds is 18. The van der Waals surface area contributed by atoms with Gasteiger partial charge in [0.15, 0.2) is 5.78 Å². The van der Waals surface area contributed by atoms with Crippen LogP contribution in [0.25, 0.3) is 0 Å². The SMILES string of the molecule is CCCCC(=O)C(C#N)=C1Sc2c(OCC(CC)CCCC)c(C)c(C)c(OCC(CC)CCCC)c2S1. The molecule has 0 saturated carbocycles. The third-order valence-corrected chi connectivity index (χ3v) is 10.2. The quantitative estimate of drug-likeness (QED) is 0.132. The van der Waals surface area contributed by atoms with Gasteiger partial charge in [-0.1, -0.05) is 103 Å². The molecule has 4 nitrogen and oxygen atoms in total. The molecule has 1 aliphatic heterocycles. The molecule has 6 heteroatoms. The number of hydrogen-bond donors (Lipinski definition) is 0. The van der Waals surface area contributed by atoms with Crippen LogP contribution >= 0.6 is 23.5 Å². The number of allylic oxidation sites excluding steroid dienone is 1. The smallest absolute Gasteiger partial charge is 0.175 e. The Morgan fingerprint density at radius 2 is 1.24 bits per heavy atom. The van der Waals surface area contributed by atoms with Crippen LogP contribution in [0, 0.1) is 37.0 Å². The van der Waals surface area contributed by atoms with Gasteiger partial charge in [-0.25, -0.2) is 0 Å². The summed E-state index contributed by atoms with van der Waals surface area (Å²) in [7, 11) is 0. The van der Waals surface area contributed by atoms with Crippen LogP contribution in [0.5, 0.6) is 11.5 Å². The highest BCUT2D eigenvalue weighted by Crippen LogP contribution is 2.61. The third-order valence-electron chi connectivity index (χ3n) is 7.62. The number of ether oxygens (including phenoxy) is 2. The van der Waals surface area contributed by atoms with Crippen LogP contribution in [0.2, 0.25) is 0 Å². The fourth-order valence-corrected chi connectivity index (χ4v) is 7.40. The van der Waals surface area contributed by atoms with Crippen LogP contribution in [0.3, 0.4) is 0 Å².